The predicted octanol–water partition coefficient (Wildman–Crippen LogP) is 3.15. The Morgan fingerprint density at radius 3 is 2.90 bits per heavy atom. The van der Waals surface area contributed by atoms with Crippen LogP contribution in [0.15, 0.2) is 18.2 Å². The van der Waals surface area contributed by atoms with Crippen molar-refractivity contribution < 1.29 is 4.74 Å². The number of likely N-dealkylation sites (tertiary alicyclic amines) is 1. The lowest BCUT2D eigenvalue weighted by Crippen LogP contribution is -2.33. The van der Waals surface area contributed by atoms with Crippen molar-refractivity contribution in [3.8, 4) is 5.75 Å². The summed E-state index contributed by atoms with van der Waals surface area (Å²) < 4.78 is 6.11. The first kappa shape index (κ1) is 14.9. The summed E-state index contributed by atoms with van der Waals surface area (Å²) in [6.07, 6.45) is 6.45. The van der Waals surface area contributed by atoms with E-state index in [1.54, 1.807) is 0 Å². The molecule has 0 aromatic heterocycles. The first-order valence-corrected chi connectivity index (χ1v) is 8.59. The highest BCUT2D eigenvalue weighted by Gasteiger charge is 2.24. The standard InChI is InChI=1S/C18H28N2O/c1-2-19-17-10-9-16-15(17)7-6-8-18(16)21-14-13-20-11-4-3-5-12-20/h6-8,17,19H,2-5,9-14H2,1H3. The van der Waals surface area contributed by atoms with Crippen molar-refractivity contribution in [3.63, 3.8) is 0 Å². The number of nitrogens with zero attached hydrogens (tertiary/aromatic N) is 1. The Balaban J connectivity index is 1.56. The quantitative estimate of drug-likeness (QED) is 0.870. The molecule has 3 nitrogen and oxygen atoms in total. The number of hydrogen-bond donors (Lipinski definition) is 1. The topological polar surface area (TPSA) is 24.5 Å². The third kappa shape index (κ3) is 3.58. The number of benzene rings is 1. The highest BCUT2D eigenvalue weighted by Crippen LogP contribution is 2.36. The van der Waals surface area contributed by atoms with Crippen LogP contribution in [0.25, 0.3) is 0 Å². The molecule has 1 N–H and O–H groups in total. The molecule has 1 atom stereocenters. The third-order valence-corrected chi connectivity index (χ3v) is 4.79. The molecule has 1 unspecified atom stereocenters. The van der Waals surface area contributed by atoms with Gasteiger partial charge in [0.05, 0.1) is 0 Å². The maximum atomic E-state index is 6.11. The average molecular weight is 288 g/mol. The van der Waals surface area contributed by atoms with E-state index in [4.69, 9.17) is 4.74 Å². The predicted molar refractivity (Wildman–Crippen MR) is 87.0 cm³/mol. The van der Waals surface area contributed by atoms with Gasteiger partial charge in [0.25, 0.3) is 0 Å². The second kappa shape index (κ2) is 7.28. The van der Waals surface area contributed by atoms with Crippen molar-refractivity contribution in [2.75, 3.05) is 32.8 Å². The SMILES string of the molecule is CCNC1CCc2c(OCCN3CCCCC3)cccc21. The van der Waals surface area contributed by atoms with E-state index in [1.165, 1.54) is 49.9 Å². The van der Waals surface area contributed by atoms with Crippen molar-refractivity contribution in [1.29, 1.82) is 0 Å². The molecule has 0 saturated carbocycles. The normalized spacial score (nSPS) is 22.2. The maximum Gasteiger partial charge on any atom is 0.122 e. The molecule has 116 valence electrons. The van der Waals surface area contributed by atoms with Gasteiger partial charge in [0, 0.05) is 12.6 Å². The van der Waals surface area contributed by atoms with Gasteiger partial charge in [-0.2, -0.15) is 0 Å². The maximum absolute atomic E-state index is 6.11. The zero-order valence-corrected chi connectivity index (χ0v) is 13.2. The number of hydrogen-bond acceptors (Lipinski definition) is 3. The Hall–Kier alpha value is -1.06. The summed E-state index contributed by atoms with van der Waals surface area (Å²) in [5.74, 6) is 1.12. The van der Waals surface area contributed by atoms with Crippen LogP contribution in [0, 0.1) is 0 Å². The lowest BCUT2D eigenvalue weighted by molar-refractivity contribution is 0.183. The van der Waals surface area contributed by atoms with Crippen LogP contribution in [0.1, 0.15) is 49.8 Å². The van der Waals surface area contributed by atoms with Gasteiger partial charge >= 0.3 is 0 Å². The Morgan fingerprint density at radius 2 is 2.10 bits per heavy atom. The lowest BCUT2D eigenvalue weighted by atomic mass is 10.1. The first-order chi connectivity index (χ1) is 10.4. The van der Waals surface area contributed by atoms with Crippen molar-refractivity contribution in [2.45, 2.75) is 45.1 Å². The van der Waals surface area contributed by atoms with Crippen LogP contribution in [0.4, 0.5) is 0 Å². The second-order valence-electron chi connectivity index (χ2n) is 6.22. The first-order valence-electron chi connectivity index (χ1n) is 8.59. The number of fused-ring (bicyclic) bond motifs is 1. The number of nitrogens with one attached hydrogen (secondary N) is 1. The molecular weight excluding hydrogens is 260 g/mol. The monoisotopic (exact) mass is 288 g/mol. The van der Waals surface area contributed by atoms with E-state index in [0.717, 1.165) is 31.9 Å². The summed E-state index contributed by atoms with van der Waals surface area (Å²) in [6.45, 7) is 7.60. The largest absolute Gasteiger partial charge is 0.492 e. The van der Waals surface area contributed by atoms with Crippen LogP contribution in [-0.4, -0.2) is 37.7 Å². The van der Waals surface area contributed by atoms with Gasteiger partial charge in [0.15, 0.2) is 0 Å². The highest BCUT2D eigenvalue weighted by molar-refractivity contribution is 5.45. The van der Waals surface area contributed by atoms with Gasteiger partial charge in [-0.1, -0.05) is 25.5 Å². The minimum atomic E-state index is 0.524. The summed E-state index contributed by atoms with van der Waals surface area (Å²) in [7, 11) is 0. The molecule has 1 aromatic carbocycles. The third-order valence-electron chi connectivity index (χ3n) is 4.79. The fourth-order valence-electron chi connectivity index (χ4n) is 3.68. The zero-order valence-electron chi connectivity index (χ0n) is 13.2. The average Bonchev–Trinajstić information content (AvgIpc) is 2.93. The molecule has 0 amide bonds. The fraction of sp³-hybridized carbons (Fsp3) is 0.667. The molecule has 0 bridgehead atoms. The summed E-state index contributed by atoms with van der Waals surface area (Å²) in [6, 6.07) is 7.07. The highest BCUT2D eigenvalue weighted by atomic mass is 16.5. The summed E-state index contributed by atoms with van der Waals surface area (Å²) in [5, 5.41) is 3.57. The Kier molecular flexibility index (Phi) is 5.15. The van der Waals surface area contributed by atoms with E-state index < -0.39 is 0 Å². The van der Waals surface area contributed by atoms with Gasteiger partial charge in [-0.15, -0.1) is 0 Å². The molecule has 0 spiro atoms. The lowest BCUT2D eigenvalue weighted by Gasteiger charge is -2.26. The number of ether oxygens (including phenoxy) is 1. The molecule has 0 radical (unpaired) electrons. The molecule has 3 heteroatoms. The van der Waals surface area contributed by atoms with Gasteiger partial charge < -0.3 is 10.1 Å². The number of rotatable bonds is 6. The Labute approximate surface area is 128 Å². The van der Waals surface area contributed by atoms with Crippen LogP contribution in [0.5, 0.6) is 5.75 Å². The molecule has 1 heterocycles. The second-order valence-corrected chi connectivity index (χ2v) is 6.22. The minimum Gasteiger partial charge on any atom is -0.492 e. The van der Waals surface area contributed by atoms with Gasteiger partial charge in [-0.25, -0.2) is 0 Å². The summed E-state index contributed by atoms with van der Waals surface area (Å²) in [4.78, 5) is 2.54. The summed E-state index contributed by atoms with van der Waals surface area (Å²) in [5.41, 5.74) is 2.88. The van der Waals surface area contributed by atoms with Gasteiger partial charge in [-0.05, 0) is 62.5 Å². The van der Waals surface area contributed by atoms with E-state index >= 15 is 0 Å². The van der Waals surface area contributed by atoms with Gasteiger partial charge in [0.2, 0.25) is 0 Å². The van der Waals surface area contributed by atoms with E-state index in [2.05, 4.69) is 35.3 Å². The van der Waals surface area contributed by atoms with Crippen LogP contribution in [0.3, 0.4) is 0 Å². The van der Waals surface area contributed by atoms with E-state index in [0.29, 0.717) is 6.04 Å². The molecule has 3 rings (SSSR count). The zero-order chi connectivity index (χ0) is 14.5. The summed E-state index contributed by atoms with van der Waals surface area (Å²) >= 11 is 0. The Morgan fingerprint density at radius 1 is 1.24 bits per heavy atom. The van der Waals surface area contributed by atoms with E-state index in [9.17, 15) is 0 Å². The van der Waals surface area contributed by atoms with Crippen molar-refractivity contribution in [1.82, 2.24) is 10.2 Å². The molecule has 1 aliphatic heterocycles. The van der Waals surface area contributed by atoms with Gasteiger partial charge in [-0.3, -0.25) is 4.90 Å². The molecule has 2 aliphatic rings. The van der Waals surface area contributed by atoms with Crippen LogP contribution >= 0.6 is 0 Å². The molecular formula is C18H28N2O. The van der Waals surface area contributed by atoms with E-state index in [1.807, 2.05) is 0 Å². The molecule has 21 heavy (non-hydrogen) atoms. The Bertz CT molecular complexity index is 455. The van der Waals surface area contributed by atoms with Crippen molar-refractivity contribution in [3.05, 3.63) is 29.3 Å². The van der Waals surface area contributed by atoms with Crippen molar-refractivity contribution in [2.24, 2.45) is 0 Å². The van der Waals surface area contributed by atoms with Crippen LogP contribution in [-0.2, 0) is 6.42 Å². The number of piperidine rings is 1. The van der Waals surface area contributed by atoms with Gasteiger partial charge in [0.1, 0.15) is 12.4 Å². The van der Waals surface area contributed by atoms with Crippen LogP contribution < -0.4 is 10.1 Å². The molecule has 1 saturated heterocycles. The minimum absolute atomic E-state index is 0.524. The molecule has 1 fully saturated rings. The molecule has 1 aliphatic carbocycles. The van der Waals surface area contributed by atoms with E-state index in [-0.39, 0.29) is 0 Å². The fourth-order valence-corrected chi connectivity index (χ4v) is 3.68. The van der Waals surface area contributed by atoms with Crippen LogP contribution in [0.2, 0.25) is 0 Å². The van der Waals surface area contributed by atoms with Crippen molar-refractivity contribution >= 4 is 0 Å². The molecule has 1 aromatic rings. The smallest absolute Gasteiger partial charge is 0.122 e.